The Bertz CT molecular complexity index is 1880. The summed E-state index contributed by atoms with van der Waals surface area (Å²) in [6, 6.07) is 18.6. The predicted molar refractivity (Wildman–Crippen MR) is 176 cm³/mol. The van der Waals surface area contributed by atoms with Crippen molar-refractivity contribution in [3.63, 3.8) is 0 Å². The zero-order chi connectivity index (χ0) is 31.7. The van der Waals surface area contributed by atoms with Gasteiger partial charge in [0.25, 0.3) is 17.2 Å². The molecule has 0 radical (unpaired) electrons. The van der Waals surface area contributed by atoms with E-state index >= 15 is 0 Å². The van der Waals surface area contributed by atoms with Crippen molar-refractivity contribution in [1.29, 1.82) is 0 Å². The molecule has 0 N–H and O–H groups in total. The first-order valence-corrected chi connectivity index (χ1v) is 16.6. The van der Waals surface area contributed by atoms with Gasteiger partial charge in [-0.05, 0) is 47.5 Å². The van der Waals surface area contributed by atoms with E-state index in [2.05, 4.69) is 15.9 Å². The van der Waals surface area contributed by atoms with Gasteiger partial charge in [-0.2, -0.15) is 5.10 Å². The maximum atomic E-state index is 13.9. The molecule has 0 aliphatic carbocycles. The molecule has 1 atom stereocenters. The molecule has 1 aromatic heterocycles. The molecule has 11 nitrogen and oxygen atoms in total. The molecule has 0 spiro atoms. The Balaban J connectivity index is 1.33. The second kappa shape index (κ2) is 13.1. The van der Waals surface area contributed by atoms with Gasteiger partial charge < -0.3 is 9.47 Å². The summed E-state index contributed by atoms with van der Waals surface area (Å²) >= 11 is 6.05. The van der Waals surface area contributed by atoms with Crippen molar-refractivity contribution in [2.45, 2.75) is 28.9 Å². The highest BCUT2D eigenvalue weighted by Crippen LogP contribution is 2.38. The number of hydrazone groups is 1. The normalized spacial score (nSPS) is 15.5. The fourth-order valence-corrected chi connectivity index (χ4v) is 7.38. The fraction of sp³-hybridized carbons (Fsp3) is 0.226. The fourth-order valence-electron chi connectivity index (χ4n) is 5.21. The van der Waals surface area contributed by atoms with Gasteiger partial charge in [0.05, 0.1) is 52.9 Å². The molecular formula is C31H26BrN5O6S2. The lowest BCUT2D eigenvalue weighted by molar-refractivity contribution is -0.384. The molecular weight excluding hydrogens is 682 g/mol. The first-order chi connectivity index (χ1) is 21.8. The maximum Gasteiger partial charge on any atom is 0.272 e. The summed E-state index contributed by atoms with van der Waals surface area (Å²) in [5.41, 5.74) is 3.27. The molecule has 2 aliphatic heterocycles. The third kappa shape index (κ3) is 6.22. The van der Waals surface area contributed by atoms with E-state index < -0.39 is 11.0 Å². The monoisotopic (exact) mass is 707 g/mol. The van der Waals surface area contributed by atoms with Gasteiger partial charge in [-0.15, -0.1) is 11.8 Å². The number of benzene rings is 3. The van der Waals surface area contributed by atoms with E-state index in [1.165, 1.54) is 45.6 Å². The molecule has 0 fully saturated rings. The van der Waals surface area contributed by atoms with Crippen LogP contribution in [0.5, 0.6) is 11.5 Å². The van der Waals surface area contributed by atoms with Crippen LogP contribution in [-0.4, -0.2) is 56.8 Å². The molecule has 1 unspecified atom stereocenters. The molecule has 3 aromatic carbocycles. The Labute approximate surface area is 274 Å². The van der Waals surface area contributed by atoms with E-state index in [4.69, 9.17) is 19.6 Å². The Morgan fingerprint density at radius 2 is 1.82 bits per heavy atom. The summed E-state index contributed by atoms with van der Waals surface area (Å²) < 4.78 is 13.3. The van der Waals surface area contributed by atoms with E-state index in [1.807, 2.05) is 36.4 Å². The summed E-state index contributed by atoms with van der Waals surface area (Å²) in [5, 5.41) is 17.8. The number of amides is 1. The molecule has 0 saturated heterocycles. The van der Waals surface area contributed by atoms with Crippen LogP contribution < -0.4 is 15.0 Å². The van der Waals surface area contributed by atoms with E-state index in [-0.39, 0.29) is 22.9 Å². The summed E-state index contributed by atoms with van der Waals surface area (Å²) in [7, 11) is 3.13. The number of aryl methyl sites for hydroxylation is 1. The van der Waals surface area contributed by atoms with Crippen LogP contribution in [0.3, 0.4) is 0 Å². The molecule has 4 aromatic rings. The van der Waals surface area contributed by atoms with Crippen LogP contribution >= 0.6 is 39.5 Å². The molecule has 45 heavy (non-hydrogen) atoms. The molecule has 2 aliphatic rings. The number of thioether (sulfide) groups is 2. The van der Waals surface area contributed by atoms with Crippen LogP contribution in [0.15, 0.2) is 91.2 Å². The quantitative estimate of drug-likeness (QED) is 0.0885. The summed E-state index contributed by atoms with van der Waals surface area (Å²) in [4.78, 5) is 43.6. The minimum atomic E-state index is -0.494. The first-order valence-electron chi connectivity index (χ1n) is 13.8. The maximum absolute atomic E-state index is 13.9. The Kier molecular flexibility index (Phi) is 8.97. The Morgan fingerprint density at radius 1 is 1.09 bits per heavy atom. The van der Waals surface area contributed by atoms with E-state index in [9.17, 15) is 19.7 Å². The topological polar surface area (TPSA) is 129 Å². The molecule has 230 valence electrons. The molecule has 3 heterocycles. The number of nitrogens with zero attached hydrogens (tertiary/aromatic N) is 5. The lowest BCUT2D eigenvalue weighted by Gasteiger charge is -2.23. The highest BCUT2D eigenvalue weighted by Gasteiger charge is 2.34. The van der Waals surface area contributed by atoms with Gasteiger partial charge in [0.15, 0.2) is 16.7 Å². The standard InChI is InChI=1S/C31H26BrN5O6S2/c1-42-26-12-5-19(15-27(26)43-2)25-16-24(18-3-6-20(32)7-4-18)34-36(25)28(38)17-45-31-33-23-13-14-44-29(23)30(39)35(31)21-8-10-22(11-9-21)37(40)41/h3-12,15,25H,13-14,16-17H2,1-2H3. The van der Waals surface area contributed by atoms with E-state index in [0.717, 1.165) is 38.8 Å². The smallest absolute Gasteiger partial charge is 0.272 e. The zero-order valence-electron chi connectivity index (χ0n) is 24.1. The second-order valence-electron chi connectivity index (χ2n) is 10.1. The summed E-state index contributed by atoms with van der Waals surface area (Å²) in [5.74, 6) is 1.53. The first kappa shape index (κ1) is 30.9. The summed E-state index contributed by atoms with van der Waals surface area (Å²) in [6.07, 6.45) is 1.13. The minimum Gasteiger partial charge on any atom is -0.493 e. The third-order valence-electron chi connectivity index (χ3n) is 7.45. The zero-order valence-corrected chi connectivity index (χ0v) is 27.4. The Morgan fingerprint density at radius 3 is 2.51 bits per heavy atom. The minimum absolute atomic E-state index is 0.0493. The predicted octanol–water partition coefficient (Wildman–Crippen LogP) is 6.04. The van der Waals surface area contributed by atoms with Crippen LogP contribution in [0.4, 0.5) is 5.69 Å². The molecule has 0 saturated carbocycles. The number of ether oxygens (including phenoxy) is 2. The number of nitro benzene ring substituents is 1. The lowest BCUT2D eigenvalue weighted by Crippen LogP contribution is -2.29. The van der Waals surface area contributed by atoms with Crippen molar-refractivity contribution >= 4 is 56.8 Å². The number of carbonyl (C=O) groups excluding carboxylic acids is 1. The van der Waals surface area contributed by atoms with Crippen molar-refractivity contribution in [3.05, 3.63) is 108 Å². The molecule has 0 bridgehead atoms. The van der Waals surface area contributed by atoms with Crippen molar-refractivity contribution in [2.24, 2.45) is 5.10 Å². The van der Waals surface area contributed by atoms with E-state index in [1.54, 1.807) is 20.3 Å². The van der Waals surface area contributed by atoms with Gasteiger partial charge in [-0.1, -0.05) is 45.9 Å². The van der Waals surface area contributed by atoms with Gasteiger partial charge >= 0.3 is 0 Å². The number of fused-ring (bicyclic) bond motifs is 1. The summed E-state index contributed by atoms with van der Waals surface area (Å²) in [6.45, 7) is 0. The second-order valence-corrected chi connectivity index (χ2v) is 13.1. The van der Waals surface area contributed by atoms with Crippen molar-refractivity contribution in [2.75, 3.05) is 25.7 Å². The average Bonchev–Trinajstić information content (AvgIpc) is 3.72. The molecule has 14 heteroatoms. The number of halogens is 1. The molecule has 6 rings (SSSR count). The highest BCUT2D eigenvalue weighted by molar-refractivity contribution is 9.10. The molecule has 1 amide bonds. The number of rotatable bonds is 9. The number of non-ortho nitro benzene ring substituents is 1. The number of methoxy groups -OCH3 is 2. The number of hydrogen-bond acceptors (Lipinski definition) is 10. The largest absolute Gasteiger partial charge is 0.493 e. The van der Waals surface area contributed by atoms with Crippen molar-refractivity contribution in [1.82, 2.24) is 14.6 Å². The number of nitro groups is 1. The van der Waals surface area contributed by atoms with Crippen molar-refractivity contribution < 1.29 is 19.2 Å². The van der Waals surface area contributed by atoms with Gasteiger partial charge in [0, 0.05) is 35.2 Å². The van der Waals surface area contributed by atoms with Crippen LogP contribution in [0.25, 0.3) is 5.69 Å². The SMILES string of the molecule is COc1ccc(C2CC(c3ccc(Br)cc3)=NN2C(=O)CSc2nc3c(c(=O)n2-c2ccc([N+](=O)[O-])cc2)SCC3)cc1OC. The number of hydrogen-bond donors (Lipinski definition) is 0. The van der Waals surface area contributed by atoms with Crippen LogP contribution in [0.2, 0.25) is 0 Å². The van der Waals surface area contributed by atoms with Gasteiger partial charge in [-0.25, -0.2) is 9.99 Å². The number of carbonyl (C=O) groups is 1. The van der Waals surface area contributed by atoms with Gasteiger partial charge in [0.1, 0.15) is 0 Å². The van der Waals surface area contributed by atoms with Crippen molar-refractivity contribution in [3.8, 4) is 17.2 Å². The van der Waals surface area contributed by atoms with Crippen LogP contribution in [-0.2, 0) is 11.2 Å². The third-order valence-corrected chi connectivity index (χ3v) is 10.0. The number of aromatic nitrogens is 2. The Hall–Kier alpha value is -4.14. The van der Waals surface area contributed by atoms with E-state index in [0.29, 0.717) is 45.8 Å². The van der Waals surface area contributed by atoms with Crippen LogP contribution in [0.1, 0.15) is 29.3 Å². The van der Waals surface area contributed by atoms with Gasteiger partial charge in [0.2, 0.25) is 0 Å². The highest BCUT2D eigenvalue weighted by atomic mass is 79.9. The average molecular weight is 709 g/mol. The lowest BCUT2D eigenvalue weighted by atomic mass is 9.98. The van der Waals surface area contributed by atoms with Crippen LogP contribution in [0, 0.1) is 10.1 Å². The van der Waals surface area contributed by atoms with Gasteiger partial charge in [-0.3, -0.25) is 24.3 Å².